The third kappa shape index (κ3) is 4.44. The van der Waals surface area contributed by atoms with Crippen LogP contribution in [0.3, 0.4) is 0 Å². The van der Waals surface area contributed by atoms with Crippen molar-refractivity contribution >= 4 is 11.7 Å². The van der Waals surface area contributed by atoms with Gasteiger partial charge in [0.2, 0.25) is 0 Å². The fourth-order valence-electron chi connectivity index (χ4n) is 1.58. The van der Waals surface area contributed by atoms with Gasteiger partial charge in [-0.2, -0.15) is 0 Å². The highest BCUT2D eigenvalue weighted by Crippen LogP contribution is 2.11. The van der Waals surface area contributed by atoms with Gasteiger partial charge in [-0.05, 0) is 31.5 Å². The molecule has 0 spiro atoms. The number of rotatable bonds is 6. The first-order valence-corrected chi connectivity index (χ1v) is 5.80. The van der Waals surface area contributed by atoms with Crippen LogP contribution in [-0.2, 0) is 20.7 Å². The van der Waals surface area contributed by atoms with Crippen LogP contribution in [0.4, 0.5) is 5.69 Å². The molecule has 2 N–H and O–H groups in total. The summed E-state index contributed by atoms with van der Waals surface area (Å²) in [6.07, 6.45) is -0.0701. The van der Waals surface area contributed by atoms with Crippen molar-refractivity contribution in [3.63, 3.8) is 0 Å². The van der Waals surface area contributed by atoms with E-state index < -0.39 is 6.10 Å². The molecule has 1 unspecified atom stereocenters. The first kappa shape index (κ1) is 13.5. The van der Waals surface area contributed by atoms with Crippen LogP contribution in [0, 0.1) is 0 Å². The van der Waals surface area contributed by atoms with Crippen LogP contribution in [0.2, 0.25) is 0 Å². The van der Waals surface area contributed by atoms with Gasteiger partial charge < -0.3 is 15.2 Å². The second-order valence-electron chi connectivity index (χ2n) is 3.65. The maximum Gasteiger partial charge on any atom is 0.335 e. The molecule has 94 valence electrons. The minimum Gasteiger partial charge on any atom is -0.464 e. The lowest BCUT2D eigenvalue weighted by molar-refractivity contribution is -0.156. The number of benzene rings is 1. The van der Waals surface area contributed by atoms with Gasteiger partial charge in [0.05, 0.1) is 6.61 Å². The number of esters is 1. The van der Waals surface area contributed by atoms with E-state index >= 15 is 0 Å². The predicted molar refractivity (Wildman–Crippen MR) is 66.6 cm³/mol. The molecule has 0 saturated carbocycles. The standard InChI is InChI=1S/C13H19NO3/c1-3-16-12(13(15)17-4-2)9-10-6-5-7-11(14)8-10/h5-8,12H,3-4,9,14H2,1-2H3. The van der Waals surface area contributed by atoms with Crippen molar-refractivity contribution in [3.8, 4) is 0 Å². The third-order valence-corrected chi connectivity index (χ3v) is 2.29. The van der Waals surface area contributed by atoms with E-state index in [0.29, 0.717) is 25.3 Å². The first-order chi connectivity index (χ1) is 8.17. The monoisotopic (exact) mass is 237 g/mol. The molecule has 1 aromatic carbocycles. The Hall–Kier alpha value is -1.55. The van der Waals surface area contributed by atoms with E-state index in [0.717, 1.165) is 5.56 Å². The van der Waals surface area contributed by atoms with Gasteiger partial charge in [-0.25, -0.2) is 4.79 Å². The number of anilines is 1. The molecule has 0 aliphatic heterocycles. The molecule has 0 aliphatic carbocycles. The molecule has 0 amide bonds. The van der Waals surface area contributed by atoms with Crippen molar-refractivity contribution in [2.24, 2.45) is 0 Å². The van der Waals surface area contributed by atoms with Crippen molar-refractivity contribution in [1.82, 2.24) is 0 Å². The summed E-state index contributed by atoms with van der Waals surface area (Å²) in [5.41, 5.74) is 7.34. The van der Waals surface area contributed by atoms with Crippen LogP contribution in [0.15, 0.2) is 24.3 Å². The number of carbonyl (C=O) groups is 1. The minimum absolute atomic E-state index is 0.322. The summed E-state index contributed by atoms with van der Waals surface area (Å²) < 4.78 is 10.3. The highest BCUT2D eigenvalue weighted by molar-refractivity contribution is 5.75. The Kier molecular flexibility index (Phi) is 5.49. The molecule has 1 rings (SSSR count). The van der Waals surface area contributed by atoms with E-state index in [1.165, 1.54) is 0 Å². The Morgan fingerprint density at radius 1 is 1.35 bits per heavy atom. The molecule has 1 aromatic rings. The molecule has 0 aliphatic rings. The van der Waals surface area contributed by atoms with E-state index in [1.807, 2.05) is 31.2 Å². The maximum absolute atomic E-state index is 11.6. The first-order valence-electron chi connectivity index (χ1n) is 5.80. The van der Waals surface area contributed by atoms with Crippen LogP contribution >= 0.6 is 0 Å². The summed E-state index contributed by atoms with van der Waals surface area (Å²) in [6, 6.07) is 7.43. The van der Waals surface area contributed by atoms with Gasteiger partial charge in [-0.1, -0.05) is 12.1 Å². The normalized spacial score (nSPS) is 12.1. The number of nitrogens with two attached hydrogens (primary N) is 1. The molecule has 0 saturated heterocycles. The van der Waals surface area contributed by atoms with Gasteiger partial charge in [-0.15, -0.1) is 0 Å². The largest absolute Gasteiger partial charge is 0.464 e. The zero-order valence-electron chi connectivity index (χ0n) is 10.3. The summed E-state index contributed by atoms with van der Waals surface area (Å²) in [4.78, 5) is 11.6. The molecule has 4 nitrogen and oxygen atoms in total. The summed E-state index contributed by atoms with van der Waals surface area (Å²) >= 11 is 0. The second-order valence-corrected chi connectivity index (χ2v) is 3.65. The van der Waals surface area contributed by atoms with Crippen molar-refractivity contribution in [2.45, 2.75) is 26.4 Å². The van der Waals surface area contributed by atoms with Gasteiger partial charge >= 0.3 is 5.97 Å². The summed E-state index contributed by atoms with van der Waals surface area (Å²) in [7, 11) is 0. The molecular weight excluding hydrogens is 218 g/mol. The van der Waals surface area contributed by atoms with Gasteiger partial charge in [0, 0.05) is 18.7 Å². The Bertz CT molecular complexity index is 365. The van der Waals surface area contributed by atoms with E-state index in [1.54, 1.807) is 6.92 Å². The van der Waals surface area contributed by atoms with E-state index in [-0.39, 0.29) is 5.97 Å². The topological polar surface area (TPSA) is 61.5 Å². The SMILES string of the molecule is CCOC(=O)C(Cc1cccc(N)c1)OCC. The Balaban J connectivity index is 2.69. The van der Waals surface area contributed by atoms with Crippen LogP contribution in [0.5, 0.6) is 0 Å². The third-order valence-electron chi connectivity index (χ3n) is 2.29. The van der Waals surface area contributed by atoms with Crippen molar-refractivity contribution in [1.29, 1.82) is 0 Å². The highest BCUT2D eigenvalue weighted by Gasteiger charge is 2.20. The summed E-state index contributed by atoms with van der Waals surface area (Å²) in [5.74, 6) is -0.322. The lowest BCUT2D eigenvalue weighted by Gasteiger charge is -2.15. The van der Waals surface area contributed by atoms with E-state index in [9.17, 15) is 4.79 Å². The Morgan fingerprint density at radius 3 is 2.71 bits per heavy atom. The molecular formula is C13H19NO3. The average molecular weight is 237 g/mol. The number of hydrogen-bond donors (Lipinski definition) is 1. The molecule has 17 heavy (non-hydrogen) atoms. The molecule has 0 bridgehead atoms. The predicted octanol–water partition coefficient (Wildman–Crippen LogP) is 1.78. The van der Waals surface area contributed by atoms with Crippen LogP contribution in [-0.4, -0.2) is 25.3 Å². The van der Waals surface area contributed by atoms with Crippen LogP contribution in [0.1, 0.15) is 19.4 Å². The van der Waals surface area contributed by atoms with Gasteiger partial charge in [0.25, 0.3) is 0 Å². The zero-order chi connectivity index (χ0) is 12.7. The molecule has 4 heteroatoms. The van der Waals surface area contributed by atoms with Gasteiger partial charge in [0.1, 0.15) is 0 Å². The highest BCUT2D eigenvalue weighted by atomic mass is 16.6. The lowest BCUT2D eigenvalue weighted by atomic mass is 10.1. The Morgan fingerprint density at radius 2 is 2.12 bits per heavy atom. The fourth-order valence-corrected chi connectivity index (χ4v) is 1.58. The number of hydrogen-bond acceptors (Lipinski definition) is 4. The average Bonchev–Trinajstić information content (AvgIpc) is 2.29. The van der Waals surface area contributed by atoms with Crippen molar-refractivity contribution in [2.75, 3.05) is 18.9 Å². The van der Waals surface area contributed by atoms with Crippen LogP contribution in [0.25, 0.3) is 0 Å². The van der Waals surface area contributed by atoms with Gasteiger partial charge in [-0.3, -0.25) is 0 Å². The van der Waals surface area contributed by atoms with E-state index in [2.05, 4.69) is 0 Å². The minimum atomic E-state index is -0.554. The maximum atomic E-state index is 11.6. The Labute approximate surface area is 102 Å². The van der Waals surface area contributed by atoms with Crippen LogP contribution < -0.4 is 5.73 Å². The summed E-state index contributed by atoms with van der Waals surface area (Å²) in [5, 5.41) is 0. The molecule has 0 heterocycles. The smallest absolute Gasteiger partial charge is 0.335 e. The van der Waals surface area contributed by atoms with Crippen molar-refractivity contribution in [3.05, 3.63) is 29.8 Å². The fraction of sp³-hybridized carbons (Fsp3) is 0.462. The lowest BCUT2D eigenvalue weighted by Crippen LogP contribution is -2.29. The molecule has 0 radical (unpaired) electrons. The number of nitrogen functional groups attached to an aromatic ring is 1. The quantitative estimate of drug-likeness (QED) is 0.605. The molecule has 0 aromatic heterocycles. The van der Waals surface area contributed by atoms with Crippen molar-refractivity contribution < 1.29 is 14.3 Å². The molecule has 1 atom stereocenters. The number of ether oxygens (including phenoxy) is 2. The van der Waals surface area contributed by atoms with Gasteiger partial charge in [0.15, 0.2) is 6.10 Å². The molecule has 0 fully saturated rings. The van der Waals surface area contributed by atoms with E-state index in [4.69, 9.17) is 15.2 Å². The second kappa shape index (κ2) is 6.91. The zero-order valence-corrected chi connectivity index (χ0v) is 10.3. The number of carbonyl (C=O) groups excluding carboxylic acids is 1. The summed E-state index contributed by atoms with van der Waals surface area (Å²) in [6.45, 7) is 4.47.